The summed E-state index contributed by atoms with van der Waals surface area (Å²) in [6, 6.07) is 7.08. The van der Waals surface area contributed by atoms with Crippen LogP contribution in [0.3, 0.4) is 0 Å². The molecule has 30 heavy (non-hydrogen) atoms. The first-order valence-electron chi connectivity index (χ1n) is 9.28. The van der Waals surface area contributed by atoms with Gasteiger partial charge < -0.3 is 24.3 Å². The number of hydrogen-bond donors (Lipinski definition) is 2. The van der Waals surface area contributed by atoms with Gasteiger partial charge in [0.2, 0.25) is 5.88 Å². The van der Waals surface area contributed by atoms with E-state index in [1.165, 1.54) is 19.2 Å². The number of nitrogens with one attached hydrogen (secondary N) is 2. The minimum absolute atomic E-state index is 0.0831. The molecule has 2 heterocycles. The lowest BCUT2D eigenvalue weighted by molar-refractivity contribution is -0.127. The second kappa shape index (κ2) is 9.59. The van der Waals surface area contributed by atoms with Crippen molar-refractivity contribution < 1.29 is 33.3 Å². The Morgan fingerprint density at radius 3 is 2.70 bits per heavy atom. The summed E-state index contributed by atoms with van der Waals surface area (Å²) in [7, 11) is 0. The zero-order valence-corrected chi connectivity index (χ0v) is 16.5. The standard InChI is InChI=1S/C20H21N3O7/c1-3-27-18-14(5-4-8-21-18)19(25)30-12(2)17(24)23-20(26)22-13-6-7-15-16(11-13)29-10-9-28-15/h4-8,11-12H,3,9-10H2,1-2H3,(H2,22,23,24,26)/t12-/m1/s1. The van der Waals surface area contributed by atoms with Gasteiger partial charge in [0.05, 0.1) is 6.61 Å². The van der Waals surface area contributed by atoms with Gasteiger partial charge in [0.1, 0.15) is 18.8 Å². The summed E-state index contributed by atoms with van der Waals surface area (Å²) >= 11 is 0. The van der Waals surface area contributed by atoms with E-state index in [2.05, 4.69) is 15.6 Å². The Balaban J connectivity index is 1.55. The molecule has 0 bridgehead atoms. The third kappa shape index (κ3) is 5.16. The molecule has 1 aliphatic rings. The van der Waals surface area contributed by atoms with Crippen molar-refractivity contribution in [3.63, 3.8) is 0 Å². The molecule has 2 aromatic rings. The Labute approximate surface area is 172 Å². The molecule has 0 spiro atoms. The predicted molar refractivity (Wildman–Crippen MR) is 105 cm³/mol. The number of carbonyl (C=O) groups is 3. The Morgan fingerprint density at radius 1 is 1.17 bits per heavy atom. The molecule has 10 heteroatoms. The molecule has 10 nitrogen and oxygen atoms in total. The Kier molecular flexibility index (Phi) is 6.68. The fraction of sp³-hybridized carbons (Fsp3) is 0.300. The van der Waals surface area contributed by atoms with Crippen molar-refractivity contribution in [3.8, 4) is 17.4 Å². The molecule has 1 aliphatic heterocycles. The van der Waals surface area contributed by atoms with E-state index < -0.39 is 24.0 Å². The number of pyridine rings is 1. The highest BCUT2D eigenvalue weighted by Crippen LogP contribution is 2.32. The lowest BCUT2D eigenvalue weighted by Gasteiger charge is -2.19. The van der Waals surface area contributed by atoms with Crippen molar-refractivity contribution in [3.05, 3.63) is 42.1 Å². The zero-order valence-electron chi connectivity index (χ0n) is 16.5. The monoisotopic (exact) mass is 415 g/mol. The van der Waals surface area contributed by atoms with Crippen LogP contribution in [0.4, 0.5) is 10.5 Å². The van der Waals surface area contributed by atoms with E-state index in [1.54, 1.807) is 31.2 Å². The van der Waals surface area contributed by atoms with E-state index in [9.17, 15) is 14.4 Å². The molecule has 0 saturated heterocycles. The van der Waals surface area contributed by atoms with Crippen molar-refractivity contribution in [2.45, 2.75) is 20.0 Å². The van der Waals surface area contributed by atoms with Gasteiger partial charge >= 0.3 is 12.0 Å². The van der Waals surface area contributed by atoms with Crippen LogP contribution in [0.25, 0.3) is 0 Å². The number of hydrogen-bond acceptors (Lipinski definition) is 8. The number of aromatic nitrogens is 1. The number of esters is 1. The van der Waals surface area contributed by atoms with Crippen LogP contribution in [-0.4, -0.2) is 48.8 Å². The van der Waals surface area contributed by atoms with Crippen LogP contribution >= 0.6 is 0 Å². The lowest BCUT2D eigenvalue weighted by atomic mass is 10.2. The number of rotatable bonds is 6. The Bertz CT molecular complexity index is 948. The molecule has 0 unspecified atom stereocenters. The molecule has 1 atom stereocenters. The lowest BCUT2D eigenvalue weighted by Crippen LogP contribution is -2.41. The number of nitrogens with zero attached hydrogens (tertiary/aromatic N) is 1. The maximum atomic E-state index is 12.3. The number of amides is 3. The first-order chi connectivity index (χ1) is 14.5. The first kappa shape index (κ1) is 20.9. The number of anilines is 1. The summed E-state index contributed by atoms with van der Waals surface area (Å²) in [4.78, 5) is 40.6. The van der Waals surface area contributed by atoms with Crippen molar-refractivity contribution in [2.24, 2.45) is 0 Å². The molecular formula is C20H21N3O7. The Morgan fingerprint density at radius 2 is 1.93 bits per heavy atom. The fourth-order valence-electron chi connectivity index (χ4n) is 2.57. The minimum atomic E-state index is -1.22. The van der Waals surface area contributed by atoms with E-state index >= 15 is 0 Å². The molecule has 0 saturated carbocycles. The summed E-state index contributed by atoms with van der Waals surface area (Å²) in [5, 5.41) is 4.63. The van der Waals surface area contributed by atoms with Gasteiger partial charge in [-0.1, -0.05) is 0 Å². The van der Waals surface area contributed by atoms with Gasteiger partial charge in [-0.2, -0.15) is 0 Å². The van der Waals surface area contributed by atoms with Crippen LogP contribution < -0.4 is 24.8 Å². The van der Waals surface area contributed by atoms with E-state index in [0.717, 1.165) is 0 Å². The molecule has 3 rings (SSSR count). The molecule has 1 aromatic carbocycles. The Hall–Kier alpha value is -3.82. The summed E-state index contributed by atoms with van der Waals surface area (Å²) in [6.07, 6.45) is 0.248. The van der Waals surface area contributed by atoms with Crippen LogP contribution in [0.15, 0.2) is 36.5 Å². The smallest absolute Gasteiger partial charge is 0.344 e. The molecule has 2 N–H and O–H groups in total. The van der Waals surface area contributed by atoms with Gasteiger partial charge in [0.15, 0.2) is 17.6 Å². The highest BCUT2D eigenvalue weighted by atomic mass is 16.6. The SMILES string of the molecule is CCOc1ncccc1C(=O)O[C@H](C)C(=O)NC(=O)Nc1ccc2c(c1)OCCO2. The van der Waals surface area contributed by atoms with Crippen molar-refractivity contribution in [1.82, 2.24) is 10.3 Å². The second-order valence-corrected chi connectivity index (χ2v) is 6.14. The second-order valence-electron chi connectivity index (χ2n) is 6.14. The van der Waals surface area contributed by atoms with Gasteiger partial charge in [-0.05, 0) is 38.1 Å². The predicted octanol–water partition coefficient (Wildman–Crippen LogP) is 2.15. The van der Waals surface area contributed by atoms with Gasteiger partial charge in [0, 0.05) is 18.0 Å². The molecule has 1 aromatic heterocycles. The number of fused-ring (bicyclic) bond motifs is 1. The number of benzene rings is 1. The van der Waals surface area contributed by atoms with E-state index in [0.29, 0.717) is 37.0 Å². The van der Waals surface area contributed by atoms with E-state index in [1.807, 2.05) is 0 Å². The molecule has 0 fully saturated rings. The maximum Gasteiger partial charge on any atom is 0.344 e. The van der Waals surface area contributed by atoms with E-state index in [-0.39, 0.29) is 11.4 Å². The summed E-state index contributed by atoms with van der Waals surface area (Å²) in [5.74, 6) is -0.407. The van der Waals surface area contributed by atoms with Crippen molar-refractivity contribution >= 4 is 23.6 Å². The van der Waals surface area contributed by atoms with E-state index in [4.69, 9.17) is 18.9 Å². The van der Waals surface area contributed by atoms with Crippen LogP contribution in [0.1, 0.15) is 24.2 Å². The third-order valence-electron chi connectivity index (χ3n) is 3.96. The highest BCUT2D eigenvalue weighted by Gasteiger charge is 2.23. The van der Waals surface area contributed by atoms with Crippen LogP contribution in [-0.2, 0) is 9.53 Å². The summed E-state index contributed by atoms with van der Waals surface area (Å²) < 4.78 is 21.2. The summed E-state index contributed by atoms with van der Waals surface area (Å²) in [6.45, 7) is 4.28. The third-order valence-corrected chi connectivity index (χ3v) is 3.96. The highest BCUT2D eigenvalue weighted by molar-refractivity contribution is 6.03. The normalized spacial score (nSPS) is 13.0. The number of carbonyl (C=O) groups excluding carboxylic acids is 3. The van der Waals surface area contributed by atoms with Crippen LogP contribution in [0, 0.1) is 0 Å². The molecule has 0 radical (unpaired) electrons. The average Bonchev–Trinajstić information content (AvgIpc) is 2.74. The molecule has 0 aliphatic carbocycles. The van der Waals surface area contributed by atoms with Gasteiger partial charge in [0.25, 0.3) is 5.91 Å². The molecular weight excluding hydrogens is 394 g/mol. The topological polar surface area (TPSA) is 125 Å². The number of urea groups is 1. The maximum absolute atomic E-state index is 12.3. The largest absolute Gasteiger partial charge is 0.486 e. The number of imide groups is 1. The van der Waals surface area contributed by atoms with Crippen molar-refractivity contribution in [2.75, 3.05) is 25.1 Å². The molecule has 3 amide bonds. The van der Waals surface area contributed by atoms with Gasteiger partial charge in [-0.25, -0.2) is 14.6 Å². The quantitative estimate of drug-likeness (QED) is 0.688. The first-order valence-corrected chi connectivity index (χ1v) is 9.28. The average molecular weight is 415 g/mol. The fourth-order valence-corrected chi connectivity index (χ4v) is 2.57. The van der Waals surface area contributed by atoms with Crippen LogP contribution in [0.5, 0.6) is 17.4 Å². The zero-order chi connectivity index (χ0) is 21.5. The van der Waals surface area contributed by atoms with Crippen LogP contribution in [0.2, 0.25) is 0 Å². The molecule has 158 valence electrons. The summed E-state index contributed by atoms with van der Waals surface area (Å²) in [5.41, 5.74) is 0.491. The van der Waals surface area contributed by atoms with Crippen molar-refractivity contribution in [1.29, 1.82) is 0 Å². The number of ether oxygens (including phenoxy) is 4. The van der Waals surface area contributed by atoms with Gasteiger partial charge in [-0.3, -0.25) is 10.1 Å². The minimum Gasteiger partial charge on any atom is -0.486 e. The van der Waals surface area contributed by atoms with Gasteiger partial charge in [-0.15, -0.1) is 0 Å².